The highest BCUT2D eigenvalue weighted by Gasteiger charge is 2.48. The van der Waals surface area contributed by atoms with E-state index in [1.54, 1.807) is 13.8 Å². The van der Waals surface area contributed by atoms with Gasteiger partial charge in [0.05, 0.1) is 12.6 Å². The predicted octanol–water partition coefficient (Wildman–Crippen LogP) is 2.71. The molecule has 1 N–H and O–H groups in total. The van der Waals surface area contributed by atoms with Crippen molar-refractivity contribution < 1.29 is 32.5 Å². The highest BCUT2D eigenvalue weighted by Crippen LogP contribution is 2.45. The molecule has 0 saturated carbocycles. The first-order valence-electron chi connectivity index (χ1n) is 9.19. The molecule has 2 atom stereocenters. The van der Waals surface area contributed by atoms with Gasteiger partial charge in [0.2, 0.25) is 5.91 Å². The Bertz CT molecular complexity index is 751. The molecule has 0 radical (unpaired) electrons. The summed E-state index contributed by atoms with van der Waals surface area (Å²) < 4.78 is 47.7. The van der Waals surface area contributed by atoms with Crippen molar-refractivity contribution in [2.45, 2.75) is 57.8 Å². The minimum atomic E-state index is -4.84. The fraction of sp³-hybridized carbons (Fsp3) is 0.632. The average molecular weight is 402 g/mol. The van der Waals surface area contributed by atoms with E-state index in [1.807, 2.05) is 18.7 Å². The quantitative estimate of drug-likeness (QED) is 0.843. The molecule has 28 heavy (non-hydrogen) atoms. The maximum Gasteiger partial charge on any atom is 0.573 e. The third kappa shape index (κ3) is 4.05. The summed E-state index contributed by atoms with van der Waals surface area (Å²) in [4.78, 5) is 16.4. The molecule has 0 unspecified atom stereocenters. The first-order chi connectivity index (χ1) is 12.9. The molecule has 1 amide bonds. The minimum absolute atomic E-state index is 0.185. The first kappa shape index (κ1) is 20.7. The van der Waals surface area contributed by atoms with E-state index in [0.29, 0.717) is 24.4 Å². The zero-order valence-corrected chi connectivity index (χ0v) is 16.3. The van der Waals surface area contributed by atoms with Crippen molar-refractivity contribution >= 4 is 5.91 Å². The number of hydrogen-bond donors (Lipinski definition) is 1. The standard InChI is InChI=1S/C19H25F3N2O4/c1-11(2)23-7-8-24(15(25)10-23)16-13-9-12(27-19(20,21)22)5-6-14(13)28-18(3,4)17(16)26/h5-6,9,11,16-17,26H,7-8,10H2,1-4H3/t16-,17+/m1/s1. The minimum Gasteiger partial charge on any atom is -0.485 e. The molecule has 0 aromatic heterocycles. The number of aliphatic hydroxyl groups is 1. The van der Waals surface area contributed by atoms with Gasteiger partial charge >= 0.3 is 6.36 Å². The van der Waals surface area contributed by atoms with E-state index in [1.165, 1.54) is 17.0 Å². The third-order valence-electron chi connectivity index (χ3n) is 5.27. The van der Waals surface area contributed by atoms with Crippen molar-refractivity contribution in [1.82, 2.24) is 9.80 Å². The molecule has 2 aliphatic rings. The van der Waals surface area contributed by atoms with Crippen molar-refractivity contribution in [3.63, 3.8) is 0 Å². The number of amides is 1. The Kier molecular flexibility index (Phi) is 5.26. The van der Waals surface area contributed by atoms with Gasteiger partial charge in [0.15, 0.2) is 0 Å². The van der Waals surface area contributed by atoms with Gasteiger partial charge in [0.25, 0.3) is 0 Å². The van der Waals surface area contributed by atoms with Gasteiger partial charge in [-0.3, -0.25) is 9.69 Å². The fourth-order valence-electron chi connectivity index (χ4n) is 3.72. The van der Waals surface area contributed by atoms with Crippen molar-refractivity contribution in [1.29, 1.82) is 0 Å². The summed E-state index contributed by atoms with van der Waals surface area (Å²) >= 11 is 0. The van der Waals surface area contributed by atoms with Gasteiger partial charge in [-0.1, -0.05) is 0 Å². The number of carbonyl (C=O) groups excluding carboxylic acids is 1. The number of hydrogen-bond acceptors (Lipinski definition) is 5. The molecule has 156 valence electrons. The Hall–Kier alpha value is -2.00. The molecule has 0 spiro atoms. The lowest BCUT2D eigenvalue weighted by Gasteiger charge is -2.48. The van der Waals surface area contributed by atoms with Gasteiger partial charge in [-0.15, -0.1) is 13.2 Å². The average Bonchev–Trinajstić information content (AvgIpc) is 2.55. The largest absolute Gasteiger partial charge is 0.573 e. The van der Waals surface area contributed by atoms with E-state index in [2.05, 4.69) is 4.74 Å². The first-order valence-corrected chi connectivity index (χ1v) is 9.19. The zero-order valence-electron chi connectivity index (χ0n) is 16.3. The topological polar surface area (TPSA) is 62.2 Å². The van der Waals surface area contributed by atoms with Crippen molar-refractivity contribution in [3.05, 3.63) is 23.8 Å². The van der Waals surface area contributed by atoms with Crippen molar-refractivity contribution in [3.8, 4) is 11.5 Å². The number of rotatable bonds is 3. The number of halogens is 3. The molecule has 2 heterocycles. The van der Waals surface area contributed by atoms with Crippen molar-refractivity contribution in [2.75, 3.05) is 19.6 Å². The van der Waals surface area contributed by atoms with Crippen LogP contribution in [0.25, 0.3) is 0 Å². The van der Waals surface area contributed by atoms with E-state index in [0.717, 1.165) is 6.07 Å². The maximum atomic E-state index is 12.8. The van der Waals surface area contributed by atoms with Crippen LogP contribution >= 0.6 is 0 Å². The van der Waals surface area contributed by atoms with Crippen LogP contribution in [0.2, 0.25) is 0 Å². The molecule has 1 aromatic carbocycles. The fourth-order valence-corrected chi connectivity index (χ4v) is 3.72. The molecular formula is C19H25F3N2O4. The SMILES string of the molecule is CC(C)N1CCN([C@@H]2c3cc(OC(F)(F)F)ccc3OC(C)(C)[C@H]2O)C(=O)C1. The van der Waals surface area contributed by atoms with Crippen molar-refractivity contribution in [2.24, 2.45) is 0 Å². The summed E-state index contributed by atoms with van der Waals surface area (Å²) in [6, 6.07) is 3.11. The van der Waals surface area contributed by atoms with Gasteiger partial charge in [-0.05, 0) is 45.9 Å². The zero-order chi connectivity index (χ0) is 20.9. The van der Waals surface area contributed by atoms with E-state index in [9.17, 15) is 23.1 Å². The summed E-state index contributed by atoms with van der Waals surface area (Å²) in [5.41, 5.74) is -0.709. The Labute approximate surface area is 161 Å². The van der Waals surface area contributed by atoms with Crippen LogP contribution in [0.1, 0.15) is 39.3 Å². The molecule has 1 aromatic rings. The lowest BCUT2D eigenvalue weighted by atomic mass is 9.85. The Morgan fingerprint density at radius 1 is 1.29 bits per heavy atom. The molecule has 2 aliphatic heterocycles. The number of carbonyl (C=O) groups is 1. The molecule has 0 bridgehead atoms. The van der Waals surface area contributed by atoms with Gasteiger partial charge in [0.1, 0.15) is 23.2 Å². The van der Waals surface area contributed by atoms with Crippen LogP contribution in [-0.4, -0.2) is 64.6 Å². The van der Waals surface area contributed by atoms with Gasteiger partial charge in [0, 0.05) is 24.7 Å². The molecule has 3 rings (SSSR count). The Morgan fingerprint density at radius 2 is 1.96 bits per heavy atom. The highest BCUT2D eigenvalue weighted by molar-refractivity contribution is 5.80. The number of benzene rings is 1. The van der Waals surface area contributed by atoms with Gasteiger partial charge in [-0.25, -0.2) is 0 Å². The normalized spacial score (nSPS) is 25.5. The number of piperazine rings is 1. The van der Waals surface area contributed by atoms with Crippen LogP contribution in [0, 0.1) is 0 Å². The summed E-state index contributed by atoms with van der Waals surface area (Å²) in [5, 5.41) is 10.9. The van der Waals surface area contributed by atoms with Crippen LogP contribution in [0.15, 0.2) is 18.2 Å². The highest BCUT2D eigenvalue weighted by atomic mass is 19.4. The number of ether oxygens (including phenoxy) is 2. The number of fused-ring (bicyclic) bond motifs is 1. The Balaban J connectivity index is 1.98. The second-order valence-electron chi connectivity index (χ2n) is 7.99. The monoisotopic (exact) mass is 402 g/mol. The lowest BCUT2D eigenvalue weighted by Crippen LogP contribution is -2.59. The van der Waals surface area contributed by atoms with Crippen LogP contribution < -0.4 is 9.47 Å². The second-order valence-corrected chi connectivity index (χ2v) is 7.99. The second kappa shape index (κ2) is 7.11. The predicted molar refractivity (Wildman–Crippen MR) is 95.0 cm³/mol. The van der Waals surface area contributed by atoms with Crippen LogP contribution in [0.5, 0.6) is 11.5 Å². The summed E-state index contributed by atoms with van der Waals surface area (Å²) in [6.45, 7) is 8.51. The van der Waals surface area contributed by atoms with E-state index in [-0.39, 0.29) is 18.5 Å². The molecule has 0 aliphatic carbocycles. The van der Waals surface area contributed by atoms with E-state index < -0.39 is 29.9 Å². The summed E-state index contributed by atoms with van der Waals surface area (Å²) in [7, 11) is 0. The van der Waals surface area contributed by atoms with Gasteiger partial charge in [-0.2, -0.15) is 0 Å². The smallest absolute Gasteiger partial charge is 0.485 e. The number of alkyl halides is 3. The van der Waals surface area contributed by atoms with Gasteiger partial charge < -0.3 is 19.5 Å². The summed E-state index contributed by atoms with van der Waals surface area (Å²) in [6.07, 6.45) is -5.95. The van der Waals surface area contributed by atoms with E-state index in [4.69, 9.17) is 4.74 Å². The number of nitrogens with zero attached hydrogens (tertiary/aromatic N) is 2. The number of aliphatic hydroxyl groups excluding tert-OH is 1. The molecule has 1 fully saturated rings. The van der Waals surface area contributed by atoms with Crippen LogP contribution in [0.4, 0.5) is 13.2 Å². The molecular weight excluding hydrogens is 377 g/mol. The van der Waals surface area contributed by atoms with Crippen LogP contribution in [-0.2, 0) is 4.79 Å². The maximum absolute atomic E-state index is 12.8. The van der Waals surface area contributed by atoms with Crippen LogP contribution in [0.3, 0.4) is 0 Å². The molecule has 1 saturated heterocycles. The third-order valence-corrected chi connectivity index (χ3v) is 5.27. The Morgan fingerprint density at radius 3 is 2.54 bits per heavy atom. The lowest BCUT2D eigenvalue weighted by molar-refractivity contribution is -0.274. The van der Waals surface area contributed by atoms with E-state index >= 15 is 0 Å². The molecule has 6 nitrogen and oxygen atoms in total. The summed E-state index contributed by atoms with van der Waals surface area (Å²) in [5.74, 6) is -0.274. The molecule has 9 heteroatoms.